The van der Waals surface area contributed by atoms with Crippen molar-refractivity contribution < 1.29 is 4.79 Å². The molecule has 3 aromatic carbocycles. The summed E-state index contributed by atoms with van der Waals surface area (Å²) in [6.45, 7) is 4.90. The van der Waals surface area contributed by atoms with Gasteiger partial charge in [0.15, 0.2) is 5.11 Å². The lowest BCUT2D eigenvalue weighted by Crippen LogP contribution is -2.23. The molecule has 1 amide bonds. The van der Waals surface area contributed by atoms with Crippen LogP contribution in [0.15, 0.2) is 78.9 Å². The third-order valence-corrected chi connectivity index (χ3v) is 5.23. The molecule has 3 N–H and O–H groups in total. The summed E-state index contributed by atoms with van der Waals surface area (Å²) in [6.07, 6.45) is 1.11. The third-order valence-electron chi connectivity index (χ3n) is 5.03. The highest BCUT2D eigenvalue weighted by atomic mass is 32.1. The zero-order valence-electron chi connectivity index (χ0n) is 17.3. The summed E-state index contributed by atoms with van der Waals surface area (Å²) in [6, 6.07) is 25.4. The molecule has 0 saturated carbocycles. The van der Waals surface area contributed by atoms with E-state index in [0.29, 0.717) is 23.1 Å². The zero-order valence-corrected chi connectivity index (χ0v) is 18.1. The van der Waals surface area contributed by atoms with Crippen molar-refractivity contribution in [2.45, 2.75) is 32.7 Å². The lowest BCUT2D eigenvalue weighted by molar-refractivity contribution is 0.0951. The van der Waals surface area contributed by atoms with Crippen molar-refractivity contribution in [1.29, 1.82) is 0 Å². The van der Waals surface area contributed by atoms with Gasteiger partial charge in [-0.2, -0.15) is 0 Å². The minimum atomic E-state index is -0.123. The number of hydrogen-bond acceptors (Lipinski definition) is 2. The van der Waals surface area contributed by atoms with E-state index in [1.54, 1.807) is 12.1 Å². The Balaban J connectivity index is 1.56. The summed E-state index contributed by atoms with van der Waals surface area (Å²) < 4.78 is 0. The van der Waals surface area contributed by atoms with Crippen molar-refractivity contribution in [3.05, 3.63) is 95.6 Å². The molecule has 0 aromatic heterocycles. The summed E-state index contributed by atoms with van der Waals surface area (Å²) in [7, 11) is 0. The number of amides is 1. The van der Waals surface area contributed by atoms with Crippen LogP contribution in [0.5, 0.6) is 0 Å². The predicted octanol–water partition coefficient (Wildman–Crippen LogP) is 5.94. The maximum Gasteiger partial charge on any atom is 0.251 e. The predicted molar refractivity (Wildman–Crippen MR) is 129 cm³/mol. The van der Waals surface area contributed by atoms with E-state index >= 15 is 0 Å². The van der Waals surface area contributed by atoms with Crippen LogP contribution in [0.25, 0.3) is 0 Å². The number of rotatable bonds is 7. The van der Waals surface area contributed by atoms with Gasteiger partial charge in [-0.3, -0.25) is 4.79 Å². The zero-order chi connectivity index (χ0) is 21.3. The first-order valence-corrected chi connectivity index (χ1v) is 10.6. The van der Waals surface area contributed by atoms with Gasteiger partial charge in [-0.05, 0) is 66.0 Å². The maximum atomic E-state index is 12.5. The quantitative estimate of drug-likeness (QED) is 0.417. The summed E-state index contributed by atoms with van der Waals surface area (Å²) in [5, 5.41) is 9.76. The van der Waals surface area contributed by atoms with Gasteiger partial charge in [-0.15, -0.1) is 0 Å². The van der Waals surface area contributed by atoms with Gasteiger partial charge in [-0.1, -0.05) is 62.4 Å². The van der Waals surface area contributed by atoms with Gasteiger partial charge < -0.3 is 16.0 Å². The lowest BCUT2D eigenvalue weighted by Gasteiger charge is -2.13. The molecule has 4 nitrogen and oxygen atoms in total. The van der Waals surface area contributed by atoms with Crippen LogP contribution in [0.4, 0.5) is 11.4 Å². The SMILES string of the molecule is CC[C@@H](C)c1ccc(NC(=S)Nc2cccc(C(=O)NCc3ccccc3)c2)cc1. The Bertz CT molecular complexity index is 987. The molecule has 5 heteroatoms. The molecule has 3 rings (SSSR count). The van der Waals surface area contributed by atoms with Crippen LogP contribution < -0.4 is 16.0 Å². The Morgan fingerprint density at radius 1 is 0.900 bits per heavy atom. The highest BCUT2D eigenvalue weighted by Crippen LogP contribution is 2.20. The molecule has 0 aliphatic carbocycles. The number of hydrogen-bond donors (Lipinski definition) is 3. The first kappa shape index (κ1) is 21.5. The van der Waals surface area contributed by atoms with Gasteiger partial charge in [-0.25, -0.2) is 0 Å². The fourth-order valence-corrected chi connectivity index (χ4v) is 3.28. The Labute approximate surface area is 183 Å². The fourth-order valence-electron chi connectivity index (χ4n) is 3.04. The average molecular weight is 418 g/mol. The van der Waals surface area contributed by atoms with E-state index in [2.05, 4.69) is 41.9 Å². The van der Waals surface area contributed by atoms with E-state index in [9.17, 15) is 4.79 Å². The smallest absolute Gasteiger partial charge is 0.251 e. The second kappa shape index (κ2) is 10.6. The largest absolute Gasteiger partial charge is 0.348 e. The van der Waals surface area contributed by atoms with Gasteiger partial charge in [0.05, 0.1) is 0 Å². The molecule has 0 bridgehead atoms. The second-order valence-electron chi connectivity index (χ2n) is 7.26. The first-order chi connectivity index (χ1) is 14.5. The molecule has 3 aromatic rings. The number of nitrogens with one attached hydrogen (secondary N) is 3. The van der Waals surface area contributed by atoms with Crippen LogP contribution in [0.2, 0.25) is 0 Å². The number of carbonyl (C=O) groups is 1. The van der Waals surface area contributed by atoms with E-state index in [1.165, 1.54) is 5.56 Å². The van der Waals surface area contributed by atoms with Crippen LogP contribution >= 0.6 is 12.2 Å². The molecule has 0 aliphatic rings. The van der Waals surface area contributed by atoms with Crippen molar-refractivity contribution in [3.63, 3.8) is 0 Å². The number of carbonyl (C=O) groups excluding carboxylic acids is 1. The van der Waals surface area contributed by atoms with E-state index in [1.807, 2.05) is 54.6 Å². The topological polar surface area (TPSA) is 53.2 Å². The van der Waals surface area contributed by atoms with E-state index < -0.39 is 0 Å². The van der Waals surface area contributed by atoms with Crippen LogP contribution in [0, 0.1) is 0 Å². The summed E-state index contributed by atoms with van der Waals surface area (Å²) in [5.74, 6) is 0.418. The molecule has 0 spiro atoms. The number of anilines is 2. The van der Waals surface area contributed by atoms with Gasteiger partial charge in [0, 0.05) is 23.5 Å². The normalized spacial score (nSPS) is 11.4. The molecule has 1 atom stereocenters. The van der Waals surface area contributed by atoms with Crippen LogP contribution in [0.1, 0.15) is 47.7 Å². The number of benzene rings is 3. The van der Waals surface area contributed by atoms with Crippen LogP contribution in [-0.4, -0.2) is 11.0 Å². The van der Waals surface area contributed by atoms with Crippen molar-refractivity contribution >= 4 is 34.6 Å². The van der Waals surface area contributed by atoms with E-state index in [0.717, 1.165) is 23.4 Å². The maximum absolute atomic E-state index is 12.5. The molecule has 0 aliphatic heterocycles. The molecular weight excluding hydrogens is 390 g/mol. The molecule has 154 valence electrons. The lowest BCUT2D eigenvalue weighted by atomic mass is 9.99. The average Bonchev–Trinajstić information content (AvgIpc) is 2.78. The minimum Gasteiger partial charge on any atom is -0.348 e. The summed E-state index contributed by atoms with van der Waals surface area (Å²) >= 11 is 5.43. The van der Waals surface area contributed by atoms with Crippen molar-refractivity contribution in [2.75, 3.05) is 10.6 Å². The van der Waals surface area contributed by atoms with Gasteiger partial charge in [0.2, 0.25) is 0 Å². The minimum absolute atomic E-state index is 0.123. The Morgan fingerprint density at radius 3 is 2.30 bits per heavy atom. The molecule has 0 fully saturated rings. The molecule has 30 heavy (non-hydrogen) atoms. The van der Waals surface area contributed by atoms with E-state index in [-0.39, 0.29) is 5.91 Å². The molecule has 0 heterocycles. The Morgan fingerprint density at radius 2 is 1.60 bits per heavy atom. The van der Waals surface area contributed by atoms with Crippen LogP contribution in [0.3, 0.4) is 0 Å². The van der Waals surface area contributed by atoms with Crippen molar-refractivity contribution in [1.82, 2.24) is 5.32 Å². The van der Waals surface area contributed by atoms with Gasteiger partial charge in [0.25, 0.3) is 5.91 Å². The Hall–Kier alpha value is -3.18. The van der Waals surface area contributed by atoms with Gasteiger partial charge >= 0.3 is 0 Å². The number of thiocarbonyl (C=S) groups is 1. The molecule has 0 unspecified atom stereocenters. The van der Waals surface area contributed by atoms with Crippen molar-refractivity contribution in [3.8, 4) is 0 Å². The first-order valence-electron chi connectivity index (χ1n) is 10.2. The standard InChI is InChI=1S/C25H27N3OS/c1-3-18(2)20-12-14-22(15-13-20)27-25(30)28-23-11-7-10-21(16-23)24(29)26-17-19-8-5-4-6-9-19/h4-16,18H,3,17H2,1-2H3,(H,26,29)(H2,27,28,30)/t18-/m1/s1. The van der Waals surface area contributed by atoms with Crippen LogP contribution in [-0.2, 0) is 6.54 Å². The highest BCUT2D eigenvalue weighted by molar-refractivity contribution is 7.80. The Kier molecular flexibility index (Phi) is 7.57. The fraction of sp³-hybridized carbons (Fsp3) is 0.200. The van der Waals surface area contributed by atoms with Crippen molar-refractivity contribution in [2.24, 2.45) is 0 Å². The molecule has 0 saturated heterocycles. The highest BCUT2D eigenvalue weighted by Gasteiger charge is 2.08. The summed E-state index contributed by atoms with van der Waals surface area (Å²) in [5.41, 5.74) is 4.64. The van der Waals surface area contributed by atoms with E-state index in [4.69, 9.17) is 12.2 Å². The monoisotopic (exact) mass is 417 g/mol. The third kappa shape index (κ3) is 6.16. The van der Waals surface area contributed by atoms with Gasteiger partial charge in [0.1, 0.15) is 0 Å². The second-order valence-corrected chi connectivity index (χ2v) is 7.67. The summed E-state index contributed by atoms with van der Waals surface area (Å²) in [4.78, 5) is 12.5. The molecular formula is C25H27N3OS. The molecule has 0 radical (unpaired) electrons.